The van der Waals surface area contributed by atoms with E-state index in [1.165, 1.54) is 0 Å². The second-order valence-electron chi connectivity index (χ2n) is 2.54. The molecule has 0 spiro atoms. The van der Waals surface area contributed by atoms with Crippen molar-refractivity contribution in [3.8, 4) is 0 Å². The van der Waals surface area contributed by atoms with Gasteiger partial charge in [0.2, 0.25) is 0 Å². The van der Waals surface area contributed by atoms with Crippen LogP contribution in [-0.4, -0.2) is 17.6 Å². The van der Waals surface area contributed by atoms with Crippen LogP contribution in [0.15, 0.2) is 11.8 Å². The third kappa shape index (κ3) is 1.43. The van der Waals surface area contributed by atoms with Gasteiger partial charge in [-0.2, -0.15) is 0 Å². The highest BCUT2D eigenvalue weighted by atomic mass is 15.4. The van der Waals surface area contributed by atoms with Gasteiger partial charge in [0.25, 0.3) is 0 Å². The van der Waals surface area contributed by atoms with E-state index in [4.69, 9.17) is 11.6 Å². The molecule has 0 aromatic heterocycles. The molecule has 52 valence electrons. The minimum Gasteiger partial charge on any atom is -0.401 e. The molecule has 1 unspecified atom stereocenters. The highest BCUT2D eigenvalue weighted by molar-refractivity contribution is 5.04. The summed E-state index contributed by atoms with van der Waals surface area (Å²) >= 11 is 0. The van der Waals surface area contributed by atoms with E-state index in [0.29, 0.717) is 12.6 Å². The number of nitrogens with zero attached hydrogens (tertiary/aromatic N) is 1. The van der Waals surface area contributed by atoms with Crippen molar-refractivity contribution in [2.75, 3.05) is 6.54 Å². The molecule has 1 heterocycles. The fourth-order valence-corrected chi connectivity index (χ4v) is 0.889. The fourth-order valence-electron chi connectivity index (χ4n) is 0.889. The van der Waals surface area contributed by atoms with Gasteiger partial charge in [0.05, 0.1) is 6.54 Å². The van der Waals surface area contributed by atoms with Gasteiger partial charge in [-0.3, -0.25) is 5.84 Å². The molecule has 9 heavy (non-hydrogen) atoms. The molecule has 1 atom stereocenters. The summed E-state index contributed by atoms with van der Waals surface area (Å²) in [4.78, 5) is 0. The molecule has 0 saturated carbocycles. The van der Waals surface area contributed by atoms with E-state index < -0.39 is 0 Å². The van der Waals surface area contributed by atoms with Crippen LogP contribution in [0.25, 0.3) is 0 Å². The molecule has 0 radical (unpaired) electrons. The topological polar surface area (TPSA) is 55.3 Å². The van der Waals surface area contributed by atoms with Gasteiger partial charge in [-0.25, -0.2) is 5.01 Å². The molecular weight excluding hydrogens is 114 g/mol. The van der Waals surface area contributed by atoms with Crippen molar-refractivity contribution in [2.45, 2.75) is 19.4 Å². The Balaban J connectivity index is 2.54. The van der Waals surface area contributed by atoms with Gasteiger partial charge in [-0.1, -0.05) is 6.08 Å². The Kier molecular flexibility index (Phi) is 1.73. The van der Waals surface area contributed by atoms with Crippen molar-refractivity contribution in [3.05, 3.63) is 11.8 Å². The first-order valence-corrected chi connectivity index (χ1v) is 3.16. The highest BCUT2D eigenvalue weighted by Crippen LogP contribution is 2.07. The predicted octanol–water partition coefficient (Wildman–Crippen LogP) is -0.203. The lowest BCUT2D eigenvalue weighted by Gasteiger charge is -2.27. The Morgan fingerprint density at radius 1 is 1.78 bits per heavy atom. The molecule has 0 aliphatic carbocycles. The van der Waals surface area contributed by atoms with E-state index in [1.54, 1.807) is 5.01 Å². The van der Waals surface area contributed by atoms with E-state index in [9.17, 15) is 0 Å². The van der Waals surface area contributed by atoms with E-state index in [1.807, 2.05) is 6.08 Å². The van der Waals surface area contributed by atoms with Crippen LogP contribution in [0.4, 0.5) is 0 Å². The largest absolute Gasteiger partial charge is 0.401 e. The lowest BCUT2D eigenvalue weighted by Crippen LogP contribution is -2.43. The minimum atomic E-state index is 0.442. The molecule has 0 saturated heterocycles. The number of hydrazine groups is 1. The summed E-state index contributed by atoms with van der Waals surface area (Å²) < 4.78 is 0. The quantitative estimate of drug-likeness (QED) is 0.443. The summed E-state index contributed by atoms with van der Waals surface area (Å²) in [5, 5.41) is 1.76. The van der Waals surface area contributed by atoms with Crippen LogP contribution >= 0.6 is 0 Å². The molecule has 4 N–H and O–H groups in total. The monoisotopic (exact) mass is 127 g/mol. The van der Waals surface area contributed by atoms with Gasteiger partial charge >= 0.3 is 0 Å². The van der Waals surface area contributed by atoms with Gasteiger partial charge in [-0.15, -0.1) is 0 Å². The van der Waals surface area contributed by atoms with Crippen LogP contribution in [0.5, 0.6) is 0 Å². The SMILES string of the molecule is CC1CC=C(N)CN1N. The van der Waals surface area contributed by atoms with E-state index in [0.717, 1.165) is 12.1 Å². The molecule has 0 bridgehead atoms. The number of hydrogen-bond acceptors (Lipinski definition) is 3. The molecule has 1 rings (SSSR count). The van der Waals surface area contributed by atoms with Crippen LogP contribution in [0, 0.1) is 0 Å². The van der Waals surface area contributed by atoms with Crippen LogP contribution < -0.4 is 11.6 Å². The third-order valence-corrected chi connectivity index (χ3v) is 1.65. The van der Waals surface area contributed by atoms with Gasteiger partial charge < -0.3 is 5.73 Å². The summed E-state index contributed by atoms with van der Waals surface area (Å²) in [6.07, 6.45) is 3.01. The highest BCUT2D eigenvalue weighted by Gasteiger charge is 2.13. The van der Waals surface area contributed by atoms with Crippen molar-refractivity contribution in [1.29, 1.82) is 0 Å². The maximum Gasteiger partial charge on any atom is 0.0524 e. The maximum atomic E-state index is 5.58. The standard InChI is InChI=1S/C6H13N3/c1-5-2-3-6(7)4-9(5)8/h3,5H,2,4,7-8H2,1H3. The molecule has 0 aromatic rings. The molecule has 3 heteroatoms. The lowest BCUT2D eigenvalue weighted by molar-refractivity contribution is 0.221. The summed E-state index contributed by atoms with van der Waals surface area (Å²) in [5.74, 6) is 5.58. The van der Waals surface area contributed by atoms with Gasteiger partial charge in [0.15, 0.2) is 0 Å². The second-order valence-corrected chi connectivity index (χ2v) is 2.54. The average molecular weight is 127 g/mol. The third-order valence-electron chi connectivity index (χ3n) is 1.65. The van der Waals surface area contributed by atoms with Gasteiger partial charge in [0.1, 0.15) is 0 Å². The lowest BCUT2D eigenvalue weighted by atomic mass is 10.1. The maximum absolute atomic E-state index is 5.58. The Morgan fingerprint density at radius 2 is 2.44 bits per heavy atom. The zero-order chi connectivity index (χ0) is 6.85. The van der Waals surface area contributed by atoms with Crippen molar-refractivity contribution in [2.24, 2.45) is 11.6 Å². The van der Waals surface area contributed by atoms with Crippen molar-refractivity contribution in [1.82, 2.24) is 5.01 Å². The number of nitrogens with two attached hydrogens (primary N) is 2. The first kappa shape index (κ1) is 6.58. The van der Waals surface area contributed by atoms with Crippen LogP contribution in [0.3, 0.4) is 0 Å². The molecule has 0 fully saturated rings. The van der Waals surface area contributed by atoms with Crippen LogP contribution in [0.2, 0.25) is 0 Å². The minimum absolute atomic E-state index is 0.442. The van der Waals surface area contributed by atoms with Crippen LogP contribution in [0.1, 0.15) is 13.3 Å². The first-order chi connectivity index (χ1) is 4.20. The Labute approximate surface area is 55.3 Å². The zero-order valence-electron chi connectivity index (χ0n) is 5.67. The smallest absolute Gasteiger partial charge is 0.0524 e. The molecule has 1 aliphatic rings. The molecular formula is C6H13N3. The normalized spacial score (nSPS) is 30.0. The summed E-state index contributed by atoms with van der Waals surface area (Å²) in [6, 6.07) is 0.442. The first-order valence-electron chi connectivity index (χ1n) is 3.16. The number of hydrogen-bond donors (Lipinski definition) is 2. The summed E-state index contributed by atoms with van der Waals surface area (Å²) in [7, 11) is 0. The summed E-state index contributed by atoms with van der Waals surface area (Å²) in [6.45, 7) is 2.80. The molecule has 0 amide bonds. The van der Waals surface area contributed by atoms with Crippen molar-refractivity contribution < 1.29 is 0 Å². The molecule has 1 aliphatic heterocycles. The molecule has 3 nitrogen and oxygen atoms in total. The van der Waals surface area contributed by atoms with Crippen LogP contribution in [-0.2, 0) is 0 Å². The average Bonchev–Trinajstić information content (AvgIpc) is 1.80. The molecule has 0 aromatic carbocycles. The fraction of sp³-hybridized carbons (Fsp3) is 0.667. The van der Waals surface area contributed by atoms with E-state index in [2.05, 4.69) is 6.92 Å². The van der Waals surface area contributed by atoms with Crippen molar-refractivity contribution in [3.63, 3.8) is 0 Å². The zero-order valence-corrected chi connectivity index (χ0v) is 5.67. The predicted molar refractivity (Wildman–Crippen MR) is 37.2 cm³/mol. The number of rotatable bonds is 0. The second kappa shape index (κ2) is 2.37. The Bertz CT molecular complexity index is 130. The van der Waals surface area contributed by atoms with E-state index >= 15 is 0 Å². The van der Waals surface area contributed by atoms with Crippen molar-refractivity contribution >= 4 is 0 Å². The Morgan fingerprint density at radius 3 is 2.89 bits per heavy atom. The van der Waals surface area contributed by atoms with Gasteiger partial charge in [-0.05, 0) is 13.3 Å². The summed E-state index contributed by atoms with van der Waals surface area (Å²) in [5.41, 5.74) is 6.41. The Hall–Kier alpha value is -0.540. The van der Waals surface area contributed by atoms with E-state index in [-0.39, 0.29) is 0 Å². The van der Waals surface area contributed by atoms with Gasteiger partial charge in [0, 0.05) is 11.7 Å².